The second-order valence-corrected chi connectivity index (χ2v) is 13.8. The zero-order valence-corrected chi connectivity index (χ0v) is 31.9. The summed E-state index contributed by atoms with van der Waals surface area (Å²) in [5.41, 5.74) is 17.9. The number of amides is 8. The smallest absolute Gasteiger partial charge is 0.305 e. The van der Waals surface area contributed by atoms with E-state index in [-0.39, 0.29) is 19.4 Å². The quantitative estimate of drug-likeness (QED) is 0.0514. The van der Waals surface area contributed by atoms with Crippen molar-refractivity contribution in [2.24, 2.45) is 17.2 Å². The number of nitrogens with two attached hydrogens (primary N) is 3. The van der Waals surface area contributed by atoms with Crippen molar-refractivity contribution in [3.63, 3.8) is 0 Å². The molecule has 57 heavy (non-hydrogen) atoms. The lowest BCUT2D eigenvalue weighted by Gasteiger charge is -2.30. The minimum atomic E-state index is -1.59. The van der Waals surface area contributed by atoms with Crippen molar-refractivity contribution in [3.05, 3.63) is 36.0 Å². The molecule has 1 saturated heterocycles. The van der Waals surface area contributed by atoms with Crippen LogP contribution in [0, 0.1) is 0 Å². The number of hydrogen-bond donors (Lipinski definition) is 11. The number of para-hydroxylation sites is 1. The Labute approximate surface area is 328 Å². The van der Waals surface area contributed by atoms with Gasteiger partial charge in [-0.1, -0.05) is 18.2 Å². The summed E-state index contributed by atoms with van der Waals surface area (Å²) in [5, 5.41) is 24.4. The lowest BCUT2D eigenvalue weighted by Crippen LogP contribution is -2.57. The van der Waals surface area contributed by atoms with E-state index < -0.39 is 109 Å². The highest BCUT2D eigenvalue weighted by atomic mass is 16.4. The zero-order valence-electron chi connectivity index (χ0n) is 31.9. The molecule has 312 valence electrons. The molecule has 3 rings (SSSR count). The Balaban J connectivity index is 1.70. The molecular formula is C36H53N11O10. The molecule has 0 saturated carbocycles. The number of benzene rings is 1. The monoisotopic (exact) mass is 799 g/mol. The van der Waals surface area contributed by atoms with Gasteiger partial charge in [0.05, 0.1) is 25.6 Å². The third-order valence-electron chi connectivity index (χ3n) is 9.23. The number of hydrogen-bond acceptors (Lipinski definition) is 11. The van der Waals surface area contributed by atoms with Crippen LogP contribution in [-0.2, 0) is 49.6 Å². The van der Waals surface area contributed by atoms with E-state index in [1.807, 2.05) is 24.3 Å². The Morgan fingerprint density at radius 1 is 0.860 bits per heavy atom. The van der Waals surface area contributed by atoms with Gasteiger partial charge in [-0.05, 0) is 64.1 Å². The van der Waals surface area contributed by atoms with E-state index in [1.165, 1.54) is 18.7 Å². The van der Waals surface area contributed by atoms with Gasteiger partial charge in [-0.15, -0.1) is 0 Å². The Bertz CT molecular complexity index is 1800. The fourth-order valence-electron chi connectivity index (χ4n) is 6.10. The molecule has 2 aromatic rings. The van der Waals surface area contributed by atoms with Crippen molar-refractivity contribution in [2.75, 3.05) is 26.2 Å². The van der Waals surface area contributed by atoms with Gasteiger partial charge in [0, 0.05) is 30.1 Å². The van der Waals surface area contributed by atoms with Crippen LogP contribution in [0.25, 0.3) is 10.9 Å². The average molecular weight is 800 g/mol. The van der Waals surface area contributed by atoms with Crippen LogP contribution in [0.2, 0.25) is 0 Å². The number of rotatable bonds is 22. The van der Waals surface area contributed by atoms with Gasteiger partial charge in [-0.25, -0.2) is 0 Å². The summed E-state index contributed by atoms with van der Waals surface area (Å²) in [6.07, 6.45) is 3.06. The van der Waals surface area contributed by atoms with Gasteiger partial charge in [0.15, 0.2) is 0 Å². The first-order chi connectivity index (χ1) is 27.0. The number of carboxylic acid groups (broad SMARTS) is 1. The molecule has 1 aromatic carbocycles. The van der Waals surface area contributed by atoms with Gasteiger partial charge >= 0.3 is 5.97 Å². The molecule has 1 fully saturated rings. The number of carbonyl (C=O) groups is 9. The van der Waals surface area contributed by atoms with Crippen LogP contribution >= 0.6 is 0 Å². The van der Waals surface area contributed by atoms with Gasteiger partial charge in [-0.3, -0.25) is 43.2 Å². The number of nitrogens with zero attached hydrogens (tertiary/aromatic N) is 1. The van der Waals surface area contributed by atoms with Crippen LogP contribution < -0.4 is 49.1 Å². The Kier molecular flexibility index (Phi) is 17.4. The number of unbranched alkanes of at least 4 members (excludes halogenated alkanes) is 1. The summed E-state index contributed by atoms with van der Waals surface area (Å²) in [6.45, 7) is 2.04. The SMILES string of the molecule is C[C@H](N)C(=O)N[C@@H](CCCCN)C(=O)N1CCC[C@H]1C(=O)N[C@@H](Cc1c[nH]c2ccccc12)C(=O)NCC(=O)NCC(=O)N[C@@H](CC(=O)O)C(=O)N[C@@H](C)C(N)=O. The number of primary amides is 1. The van der Waals surface area contributed by atoms with Crippen LogP contribution in [0.5, 0.6) is 0 Å². The largest absolute Gasteiger partial charge is 0.481 e. The number of H-pyrrole nitrogens is 1. The van der Waals surface area contributed by atoms with E-state index in [2.05, 4.69) is 36.9 Å². The van der Waals surface area contributed by atoms with Gasteiger partial charge < -0.3 is 64.1 Å². The summed E-state index contributed by atoms with van der Waals surface area (Å²) < 4.78 is 0. The molecule has 0 aliphatic carbocycles. The van der Waals surface area contributed by atoms with Crippen LogP contribution in [0.15, 0.2) is 30.5 Å². The Morgan fingerprint density at radius 2 is 1.56 bits per heavy atom. The van der Waals surface area contributed by atoms with E-state index >= 15 is 0 Å². The molecule has 0 unspecified atom stereocenters. The number of carboxylic acids is 1. The van der Waals surface area contributed by atoms with E-state index in [0.717, 1.165) is 10.9 Å². The summed E-state index contributed by atoms with van der Waals surface area (Å²) in [7, 11) is 0. The van der Waals surface area contributed by atoms with Crippen molar-refractivity contribution < 1.29 is 48.3 Å². The summed E-state index contributed by atoms with van der Waals surface area (Å²) in [4.78, 5) is 118. The second kappa shape index (κ2) is 21.9. The Morgan fingerprint density at radius 3 is 2.23 bits per heavy atom. The van der Waals surface area contributed by atoms with E-state index in [1.54, 1.807) is 6.20 Å². The molecule has 1 aliphatic heterocycles. The molecule has 6 atom stereocenters. The maximum atomic E-state index is 13.9. The third-order valence-corrected chi connectivity index (χ3v) is 9.23. The van der Waals surface area contributed by atoms with Gasteiger partial charge in [0.25, 0.3) is 0 Å². The number of likely N-dealkylation sites (tertiary alicyclic amines) is 1. The number of aliphatic carboxylic acids is 1. The molecule has 0 bridgehead atoms. The second-order valence-electron chi connectivity index (χ2n) is 13.8. The van der Waals surface area contributed by atoms with Gasteiger partial charge in [0.2, 0.25) is 47.3 Å². The van der Waals surface area contributed by atoms with Crippen molar-refractivity contribution >= 4 is 64.1 Å². The highest BCUT2D eigenvalue weighted by Gasteiger charge is 2.39. The standard InChI is InChI=1S/C36H53N11O10/c1-19(38)32(53)45-24(10-5-6-12-37)36(57)47-13-7-11-27(47)35(56)46-25(14-21-16-40-23-9-4-3-8-22(21)23)33(54)42-17-28(48)41-18-29(49)44-26(15-30(50)51)34(55)43-20(2)31(39)52/h3-4,8-9,16,19-20,24-27,40H,5-7,10-15,17-18,37-38H2,1-2H3,(H2,39,52)(H,41,48)(H,42,54)(H,43,55)(H,44,49)(H,45,53)(H,46,56)(H,50,51)/t19-,20-,24-,25-,26-,27-/m0/s1. The maximum absolute atomic E-state index is 13.9. The molecule has 14 N–H and O–H groups in total. The molecule has 1 aliphatic rings. The van der Waals surface area contributed by atoms with E-state index in [4.69, 9.17) is 22.3 Å². The van der Waals surface area contributed by atoms with Crippen LogP contribution in [0.4, 0.5) is 0 Å². The highest BCUT2D eigenvalue weighted by molar-refractivity contribution is 5.97. The average Bonchev–Trinajstić information content (AvgIpc) is 3.82. The molecule has 2 heterocycles. The van der Waals surface area contributed by atoms with Crippen molar-refractivity contribution in [3.8, 4) is 0 Å². The van der Waals surface area contributed by atoms with Crippen molar-refractivity contribution in [1.29, 1.82) is 0 Å². The fraction of sp³-hybridized carbons (Fsp3) is 0.528. The number of aromatic amines is 1. The topological polar surface area (TPSA) is 343 Å². The first kappa shape index (κ1) is 45.3. The number of fused-ring (bicyclic) bond motifs is 1. The zero-order chi connectivity index (χ0) is 42.2. The molecule has 21 nitrogen and oxygen atoms in total. The maximum Gasteiger partial charge on any atom is 0.305 e. The first-order valence-corrected chi connectivity index (χ1v) is 18.6. The normalized spacial score (nSPS) is 16.3. The molecule has 0 spiro atoms. The molecule has 21 heteroatoms. The molecular weight excluding hydrogens is 746 g/mol. The predicted octanol–water partition coefficient (Wildman–Crippen LogP) is -3.67. The minimum absolute atomic E-state index is 0.0140. The van der Waals surface area contributed by atoms with Gasteiger partial charge in [-0.2, -0.15) is 0 Å². The van der Waals surface area contributed by atoms with E-state index in [0.29, 0.717) is 37.8 Å². The van der Waals surface area contributed by atoms with Gasteiger partial charge in [0.1, 0.15) is 30.2 Å². The predicted molar refractivity (Wildman–Crippen MR) is 204 cm³/mol. The minimum Gasteiger partial charge on any atom is -0.481 e. The lowest BCUT2D eigenvalue weighted by atomic mass is 10.0. The van der Waals surface area contributed by atoms with E-state index in [9.17, 15) is 43.2 Å². The number of nitrogens with one attached hydrogen (secondary N) is 7. The van der Waals surface area contributed by atoms with Crippen LogP contribution in [0.3, 0.4) is 0 Å². The summed E-state index contributed by atoms with van der Waals surface area (Å²) >= 11 is 0. The van der Waals surface area contributed by atoms with Crippen molar-refractivity contribution in [1.82, 2.24) is 41.8 Å². The molecule has 0 radical (unpaired) electrons. The molecule has 1 aromatic heterocycles. The lowest BCUT2D eigenvalue weighted by molar-refractivity contribution is -0.142. The Hall–Kier alpha value is -6.09. The summed E-state index contributed by atoms with van der Waals surface area (Å²) in [6, 6.07) is 0.538. The third kappa shape index (κ3) is 13.9. The van der Waals surface area contributed by atoms with Crippen molar-refractivity contribution in [2.45, 2.75) is 95.0 Å². The van der Waals surface area contributed by atoms with Crippen LogP contribution in [0.1, 0.15) is 57.9 Å². The summed E-state index contributed by atoms with van der Waals surface area (Å²) in [5.74, 6) is -7.44. The number of carbonyl (C=O) groups excluding carboxylic acids is 8. The number of aromatic nitrogens is 1. The first-order valence-electron chi connectivity index (χ1n) is 18.6. The highest BCUT2D eigenvalue weighted by Crippen LogP contribution is 2.22. The molecule has 8 amide bonds. The fourth-order valence-corrected chi connectivity index (χ4v) is 6.10. The van der Waals surface area contributed by atoms with Crippen LogP contribution in [-0.4, -0.2) is 131 Å².